The van der Waals surface area contributed by atoms with Crippen molar-refractivity contribution in [1.82, 2.24) is 20.0 Å². The summed E-state index contributed by atoms with van der Waals surface area (Å²) in [6.07, 6.45) is 10.5. The molecule has 3 aliphatic rings. The number of amides is 2. The Morgan fingerprint density at radius 3 is 2.74 bits per heavy atom. The standard InChI is InChI=1S/C17H26N4O2/c22-17(20-8-10-23-11-9-20)18-15-7-3-4-13-12-21(19-16(13)15)14-5-1-2-6-14/h12,14-15H,1-11H2,(H,18,22)/t15-/m1/s1. The van der Waals surface area contributed by atoms with Crippen LogP contribution in [-0.4, -0.2) is 47.0 Å². The smallest absolute Gasteiger partial charge is 0.318 e. The first-order chi connectivity index (χ1) is 11.3. The van der Waals surface area contributed by atoms with Crippen LogP contribution in [0.3, 0.4) is 0 Å². The lowest BCUT2D eigenvalue weighted by atomic mass is 9.94. The third-order valence-corrected chi connectivity index (χ3v) is 5.40. The number of nitrogens with one attached hydrogen (secondary N) is 1. The molecule has 1 saturated carbocycles. The van der Waals surface area contributed by atoms with Crippen LogP contribution >= 0.6 is 0 Å². The van der Waals surface area contributed by atoms with Gasteiger partial charge in [-0.3, -0.25) is 4.68 Å². The summed E-state index contributed by atoms with van der Waals surface area (Å²) in [7, 11) is 0. The molecule has 0 radical (unpaired) electrons. The molecule has 0 unspecified atom stereocenters. The zero-order chi connectivity index (χ0) is 15.6. The fourth-order valence-corrected chi connectivity index (χ4v) is 4.07. The summed E-state index contributed by atoms with van der Waals surface area (Å²) in [6.45, 7) is 2.64. The molecule has 6 heteroatoms. The quantitative estimate of drug-likeness (QED) is 0.911. The minimum atomic E-state index is 0.0292. The van der Waals surface area contributed by atoms with Gasteiger partial charge in [0.05, 0.1) is 31.0 Å². The first-order valence-corrected chi connectivity index (χ1v) is 9.02. The van der Waals surface area contributed by atoms with Gasteiger partial charge in [-0.2, -0.15) is 5.10 Å². The Morgan fingerprint density at radius 2 is 1.96 bits per heavy atom. The minimum Gasteiger partial charge on any atom is -0.378 e. The summed E-state index contributed by atoms with van der Waals surface area (Å²) in [5, 5.41) is 8.08. The highest BCUT2D eigenvalue weighted by atomic mass is 16.5. The van der Waals surface area contributed by atoms with E-state index < -0.39 is 0 Å². The van der Waals surface area contributed by atoms with Crippen LogP contribution < -0.4 is 5.32 Å². The molecule has 23 heavy (non-hydrogen) atoms. The highest BCUT2D eigenvalue weighted by molar-refractivity contribution is 5.74. The average molecular weight is 318 g/mol. The Hall–Kier alpha value is -1.56. The Labute approximate surface area is 137 Å². The van der Waals surface area contributed by atoms with E-state index in [0.717, 1.165) is 25.0 Å². The summed E-state index contributed by atoms with van der Waals surface area (Å²) < 4.78 is 7.50. The number of urea groups is 1. The number of morpholine rings is 1. The van der Waals surface area contributed by atoms with Crippen molar-refractivity contribution < 1.29 is 9.53 Å². The monoisotopic (exact) mass is 318 g/mol. The first kappa shape index (κ1) is 15.0. The molecule has 4 rings (SSSR count). The van der Waals surface area contributed by atoms with Crippen LogP contribution in [0.25, 0.3) is 0 Å². The van der Waals surface area contributed by atoms with Gasteiger partial charge in [0.2, 0.25) is 0 Å². The number of rotatable bonds is 2. The van der Waals surface area contributed by atoms with Gasteiger partial charge in [0.25, 0.3) is 0 Å². The van der Waals surface area contributed by atoms with Gasteiger partial charge in [-0.05, 0) is 37.7 Å². The van der Waals surface area contributed by atoms with Crippen molar-refractivity contribution in [2.45, 2.75) is 57.0 Å². The van der Waals surface area contributed by atoms with Gasteiger partial charge in [-0.25, -0.2) is 4.79 Å². The zero-order valence-electron chi connectivity index (χ0n) is 13.7. The molecule has 1 aromatic rings. The highest BCUT2D eigenvalue weighted by Gasteiger charge is 2.29. The number of nitrogens with zero attached hydrogens (tertiary/aromatic N) is 3. The molecular formula is C17H26N4O2. The molecule has 1 aromatic heterocycles. The number of hydrogen-bond donors (Lipinski definition) is 1. The maximum atomic E-state index is 12.5. The van der Waals surface area contributed by atoms with E-state index in [0.29, 0.717) is 32.3 Å². The lowest BCUT2D eigenvalue weighted by Crippen LogP contribution is -2.47. The predicted octanol–water partition coefficient (Wildman–Crippen LogP) is 2.42. The third kappa shape index (κ3) is 3.09. The topological polar surface area (TPSA) is 59.4 Å². The fraction of sp³-hybridized carbons (Fsp3) is 0.765. The summed E-state index contributed by atoms with van der Waals surface area (Å²) in [6, 6.07) is 0.662. The molecule has 2 amide bonds. The van der Waals surface area contributed by atoms with E-state index in [1.165, 1.54) is 31.2 Å². The molecule has 1 atom stereocenters. The van der Waals surface area contributed by atoms with E-state index in [9.17, 15) is 4.79 Å². The molecule has 2 aliphatic carbocycles. The maximum Gasteiger partial charge on any atom is 0.318 e. The van der Waals surface area contributed by atoms with Crippen molar-refractivity contribution in [2.75, 3.05) is 26.3 Å². The Balaban J connectivity index is 1.47. The number of hydrogen-bond acceptors (Lipinski definition) is 3. The molecule has 1 aliphatic heterocycles. The molecule has 126 valence electrons. The van der Waals surface area contributed by atoms with Crippen molar-refractivity contribution in [3.8, 4) is 0 Å². The van der Waals surface area contributed by atoms with Gasteiger partial charge >= 0.3 is 6.03 Å². The summed E-state index contributed by atoms with van der Waals surface area (Å²) in [5.41, 5.74) is 2.43. The van der Waals surface area contributed by atoms with Gasteiger partial charge in [-0.15, -0.1) is 0 Å². The predicted molar refractivity (Wildman–Crippen MR) is 86.3 cm³/mol. The molecule has 6 nitrogen and oxygen atoms in total. The van der Waals surface area contributed by atoms with Crippen molar-refractivity contribution in [3.63, 3.8) is 0 Å². The van der Waals surface area contributed by atoms with Gasteiger partial charge in [0.15, 0.2) is 0 Å². The van der Waals surface area contributed by atoms with Crippen molar-refractivity contribution in [3.05, 3.63) is 17.5 Å². The van der Waals surface area contributed by atoms with Crippen LogP contribution in [0.15, 0.2) is 6.20 Å². The first-order valence-electron chi connectivity index (χ1n) is 9.02. The van der Waals surface area contributed by atoms with Crippen LogP contribution in [0, 0.1) is 0 Å². The van der Waals surface area contributed by atoms with Crippen LogP contribution in [0.4, 0.5) is 4.79 Å². The summed E-state index contributed by atoms with van der Waals surface area (Å²) in [4.78, 5) is 14.3. The largest absolute Gasteiger partial charge is 0.378 e. The number of fused-ring (bicyclic) bond motifs is 1. The molecule has 1 N–H and O–H groups in total. The van der Waals surface area contributed by atoms with E-state index in [4.69, 9.17) is 9.84 Å². The number of aromatic nitrogens is 2. The molecule has 2 fully saturated rings. The van der Waals surface area contributed by atoms with Crippen LogP contribution in [0.5, 0.6) is 0 Å². The average Bonchev–Trinajstić information content (AvgIpc) is 3.25. The van der Waals surface area contributed by atoms with E-state index in [1.54, 1.807) is 0 Å². The molecule has 1 saturated heterocycles. The maximum absolute atomic E-state index is 12.5. The number of carbonyl (C=O) groups is 1. The second-order valence-corrected chi connectivity index (χ2v) is 6.95. The van der Waals surface area contributed by atoms with E-state index in [1.807, 2.05) is 4.90 Å². The van der Waals surface area contributed by atoms with Crippen molar-refractivity contribution in [1.29, 1.82) is 0 Å². The second kappa shape index (κ2) is 6.51. The molecule has 2 heterocycles. The van der Waals surface area contributed by atoms with Crippen LogP contribution in [0.1, 0.15) is 61.9 Å². The van der Waals surface area contributed by atoms with Crippen LogP contribution in [-0.2, 0) is 11.2 Å². The number of carbonyl (C=O) groups excluding carboxylic acids is 1. The van der Waals surface area contributed by atoms with Gasteiger partial charge < -0.3 is 15.0 Å². The fourth-order valence-electron chi connectivity index (χ4n) is 4.07. The second-order valence-electron chi connectivity index (χ2n) is 6.95. The van der Waals surface area contributed by atoms with E-state index in [-0.39, 0.29) is 12.1 Å². The molecular weight excluding hydrogens is 292 g/mol. The molecule has 0 bridgehead atoms. The number of ether oxygens (including phenoxy) is 1. The minimum absolute atomic E-state index is 0.0292. The normalized spacial score (nSPS) is 25.4. The highest BCUT2D eigenvalue weighted by Crippen LogP contribution is 2.33. The van der Waals surface area contributed by atoms with Gasteiger partial charge in [0.1, 0.15) is 0 Å². The van der Waals surface area contributed by atoms with Gasteiger partial charge in [0, 0.05) is 19.3 Å². The van der Waals surface area contributed by atoms with E-state index in [2.05, 4.69) is 16.2 Å². The zero-order valence-corrected chi connectivity index (χ0v) is 13.7. The third-order valence-electron chi connectivity index (χ3n) is 5.40. The summed E-state index contributed by atoms with van der Waals surface area (Å²) >= 11 is 0. The Morgan fingerprint density at radius 1 is 1.17 bits per heavy atom. The SMILES string of the molecule is O=C(N[C@@H]1CCCc2cn(C3CCCC3)nc21)N1CCOCC1. The lowest BCUT2D eigenvalue weighted by molar-refractivity contribution is 0.0523. The lowest BCUT2D eigenvalue weighted by Gasteiger charge is -2.30. The van der Waals surface area contributed by atoms with Gasteiger partial charge in [-0.1, -0.05) is 12.8 Å². The molecule has 0 spiro atoms. The van der Waals surface area contributed by atoms with Crippen molar-refractivity contribution >= 4 is 6.03 Å². The Kier molecular flexibility index (Phi) is 4.25. The Bertz CT molecular complexity index is 559. The summed E-state index contributed by atoms with van der Waals surface area (Å²) in [5.74, 6) is 0. The van der Waals surface area contributed by atoms with E-state index >= 15 is 0 Å². The van der Waals surface area contributed by atoms with Crippen molar-refractivity contribution in [2.24, 2.45) is 0 Å². The number of aryl methyl sites for hydroxylation is 1. The van der Waals surface area contributed by atoms with Crippen LogP contribution in [0.2, 0.25) is 0 Å². The molecule has 0 aromatic carbocycles.